The maximum atomic E-state index is 13.3. The molecule has 10 heteroatoms. The first-order valence-corrected chi connectivity index (χ1v) is 11.5. The molecule has 0 fully saturated rings. The van der Waals surface area contributed by atoms with Gasteiger partial charge in [0.15, 0.2) is 11.7 Å². The maximum Gasteiger partial charge on any atom is 0.310 e. The Balaban J connectivity index is 1.60. The van der Waals surface area contributed by atoms with Crippen molar-refractivity contribution in [1.82, 2.24) is 9.55 Å². The van der Waals surface area contributed by atoms with Gasteiger partial charge in [-0.25, -0.2) is 4.98 Å². The van der Waals surface area contributed by atoms with Crippen LogP contribution in [0.15, 0.2) is 54.0 Å². The summed E-state index contributed by atoms with van der Waals surface area (Å²) >= 11 is 7.22. The van der Waals surface area contributed by atoms with Crippen LogP contribution in [-0.2, 0) is 20.7 Å². The standard InChI is InChI=1S/C24H20ClN3O5S/c1-14-18(12-22(30)33-13-21(29)27-24-26-9-10-34-24)19-11-17(32-2)7-8-20(19)28(14)23(31)15-3-5-16(25)6-4-15/h3-11H,12-13H2,1-2H3,(H,26,27,29). The molecule has 8 nitrogen and oxygen atoms in total. The van der Waals surface area contributed by atoms with Crippen molar-refractivity contribution in [3.63, 3.8) is 0 Å². The molecular weight excluding hydrogens is 478 g/mol. The predicted octanol–water partition coefficient (Wildman–Crippen LogP) is 4.48. The first-order valence-electron chi connectivity index (χ1n) is 10.2. The van der Waals surface area contributed by atoms with Crippen LogP contribution in [0.25, 0.3) is 10.9 Å². The molecule has 0 saturated heterocycles. The third kappa shape index (κ3) is 4.95. The van der Waals surface area contributed by atoms with E-state index in [2.05, 4.69) is 10.3 Å². The fourth-order valence-electron chi connectivity index (χ4n) is 3.58. The van der Waals surface area contributed by atoms with E-state index in [1.165, 1.54) is 11.3 Å². The minimum Gasteiger partial charge on any atom is -0.497 e. The van der Waals surface area contributed by atoms with E-state index in [1.807, 2.05) is 0 Å². The van der Waals surface area contributed by atoms with Gasteiger partial charge < -0.3 is 9.47 Å². The largest absolute Gasteiger partial charge is 0.497 e. The lowest BCUT2D eigenvalue weighted by atomic mass is 10.1. The topological polar surface area (TPSA) is 99.5 Å². The van der Waals surface area contributed by atoms with Gasteiger partial charge in [-0.2, -0.15) is 0 Å². The Morgan fingerprint density at radius 2 is 1.91 bits per heavy atom. The van der Waals surface area contributed by atoms with E-state index >= 15 is 0 Å². The second-order valence-electron chi connectivity index (χ2n) is 7.32. The minimum atomic E-state index is -0.599. The van der Waals surface area contributed by atoms with Crippen molar-refractivity contribution in [3.05, 3.63) is 75.9 Å². The van der Waals surface area contributed by atoms with E-state index in [4.69, 9.17) is 21.1 Å². The third-order valence-corrected chi connectivity index (χ3v) is 6.14. The van der Waals surface area contributed by atoms with Crippen LogP contribution in [0.5, 0.6) is 5.75 Å². The number of esters is 1. The summed E-state index contributed by atoms with van der Waals surface area (Å²) in [6.07, 6.45) is 1.44. The summed E-state index contributed by atoms with van der Waals surface area (Å²) in [4.78, 5) is 41.9. The Morgan fingerprint density at radius 3 is 2.59 bits per heavy atom. The van der Waals surface area contributed by atoms with Gasteiger partial charge in [-0.05, 0) is 55.0 Å². The van der Waals surface area contributed by atoms with Crippen LogP contribution < -0.4 is 10.1 Å². The number of ether oxygens (including phenoxy) is 2. The zero-order valence-electron chi connectivity index (χ0n) is 18.3. The van der Waals surface area contributed by atoms with Crippen molar-refractivity contribution in [2.45, 2.75) is 13.3 Å². The Bertz CT molecular complexity index is 1360. The van der Waals surface area contributed by atoms with Crippen molar-refractivity contribution in [2.75, 3.05) is 19.0 Å². The molecule has 4 rings (SSSR count). The van der Waals surface area contributed by atoms with Gasteiger partial charge in [0.1, 0.15) is 5.75 Å². The molecule has 2 heterocycles. The van der Waals surface area contributed by atoms with Crippen molar-refractivity contribution < 1.29 is 23.9 Å². The monoisotopic (exact) mass is 497 g/mol. The molecule has 34 heavy (non-hydrogen) atoms. The first-order chi connectivity index (χ1) is 16.4. The number of nitrogens with zero attached hydrogens (tertiary/aromatic N) is 2. The van der Waals surface area contributed by atoms with Crippen molar-refractivity contribution in [2.24, 2.45) is 0 Å². The number of amides is 1. The predicted molar refractivity (Wildman–Crippen MR) is 130 cm³/mol. The van der Waals surface area contributed by atoms with E-state index < -0.39 is 18.5 Å². The molecule has 0 saturated carbocycles. The fraction of sp³-hybridized carbons (Fsp3) is 0.167. The van der Waals surface area contributed by atoms with Crippen LogP contribution in [0.3, 0.4) is 0 Å². The fourth-order valence-corrected chi connectivity index (χ4v) is 4.25. The molecule has 0 radical (unpaired) electrons. The average Bonchev–Trinajstić information content (AvgIpc) is 3.43. The summed E-state index contributed by atoms with van der Waals surface area (Å²) in [5.41, 5.74) is 2.28. The molecule has 174 valence electrons. The van der Waals surface area contributed by atoms with Crippen LogP contribution >= 0.6 is 22.9 Å². The summed E-state index contributed by atoms with van der Waals surface area (Å²) < 4.78 is 12.1. The summed E-state index contributed by atoms with van der Waals surface area (Å²) in [6, 6.07) is 11.9. The Kier molecular flexibility index (Phi) is 6.95. The van der Waals surface area contributed by atoms with Crippen LogP contribution in [0.2, 0.25) is 5.02 Å². The first kappa shape index (κ1) is 23.5. The number of thiazole rings is 1. The number of fused-ring (bicyclic) bond motifs is 1. The van der Waals surface area contributed by atoms with Gasteiger partial charge in [0.2, 0.25) is 0 Å². The van der Waals surface area contributed by atoms with E-state index in [9.17, 15) is 14.4 Å². The highest BCUT2D eigenvalue weighted by Crippen LogP contribution is 2.31. The molecule has 0 aliphatic heterocycles. The molecular formula is C24H20ClN3O5S. The molecule has 2 aromatic heterocycles. The van der Waals surface area contributed by atoms with E-state index in [1.54, 1.807) is 72.6 Å². The Morgan fingerprint density at radius 1 is 1.15 bits per heavy atom. The van der Waals surface area contributed by atoms with Gasteiger partial charge >= 0.3 is 5.97 Å². The average molecular weight is 498 g/mol. The highest BCUT2D eigenvalue weighted by atomic mass is 35.5. The van der Waals surface area contributed by atoms with Crippen molar-refractivity contribution in [3.8, 4) is 5.75 Å². The lowest BCUT2D eigenvalue weighted by Crippen LogP contribution is -2.21. The summed E-state index contributed by atoms with van der Waals surface area (Å²) in [6.45, 7) is 1.32. The smallest absolute Gasteiger partial charge is 0.310 e. The number of carbonyl (C=O) groups is 3. The normalized spacial score (nSPS) is 10.8. The highest BCUT2D eigenvalue weighted by molar-refractivity contribution is 7.13. The Labute approximate surface area is 204 Å². The number of hydrogen-bond donors (Lipinski definition) is 1. The van der Waals surface area contributed by atoms with Gasteiger partial charge in [-0.1, -0.05) is 11.6 Å². The van der Waals surface area contributed by atoms with Gasteiger partial charge in [0.05, 0.1) is 19.0 Å². The molecule has 0 unspecified atom stereocenters. The van der Waals surface area contributed by atoms with Crippen molar-refractivity contribution >= 4 is 56.8 Å². The van der Waals surface area contributed by atoms with Crippen LogP contribution in [-0.4, -0.2) is 41.1 Å². The van der Waals surface area contributed by atoms with Crippen LogP contribution in [0, 0.1) is 6.92 Å². The summed E-state index contributed by atoms with van der Waals surface area (Å²) in [5, 5.41) is 5.91. The van der Waals surface area contributed by atoms with E-state index in [-0.39, 0.29) is 12.3 Å². The highest BCUT2D eigenvalue weighted by Gasteiger charge is 2.23. The number of halogens is 1. The second kappa shape index (κ2) is 10.1. The zero-order chi connectivity index (χ0) is 24.2. The minimum absolute atomic E-state index is 0.124. The number of benzene rings is 2. The number of aromatic nitrogens is 2. The van der Waals surface area contributed by atoms with Crippen LogP contribution in [0.1, 0.15) is 21.6 Å². The van der Waals surface area contributed by atoms with Gasteiger partial charge in [-0.15, -0.1) is 11.3 Å². The number of anilines is 1. The zero-order valence-corrected chi connectivity index (χ0v) is 19.9. The van der Waals surface area contributed by atoms with Gasteiger partial charge in [0, 0.05) is 33.2 Å². The molecule has 0 aliphatic rings. The summed E-state index contributed by atoms with van der Waals surface area (Å²) in [5.74, 6) is -0.756. The molecule has 4 aromatic rings. The SMILES string of the molecule is COc1ccc2c(c1)c(CC(=O)OCC(=O)Nc1nccs1)c(C)n2C(=O)c1ccc(Cl)cc1. The van der Waals surface area contributed by atoms with E-state index in [0.29, 0.717) is 43.6 Å². The van der Waals surface area contributed by atoms with Crippen molar-refractivity contribution in [1.29, 1.82) is 0 Å². The third-order valence-electron chi connectivity index (χ3n) is 5.20. The lowest BCUT2D eigenvalue weighted by Gasteiger charge is -2.08. The van der Waals surface area contributed by atoms with Gasteiger partial charge in [-0.3, -0.25) is 24.3 Å². The molecule has 0 bridgehead atoms. The number of rotatable bonds is 7. The quantitative estimate of drug-likeness (QED) is 0.378. The molecule has 0 atom stereocenters. The Hall–Kier alpha value is -3.69. The number of nitrogens with one attached hydrogen (secondary N) is 1. The molecule has 0 spiro atoms. The number of hydrogen-bond acceptors (Lipinski definition) is 7. The second-order valence-corrected chi connectivity index (χ2v) is 8.65. The lowest BCUT2D eigenvalue weighted by molar-refractivity contribution is -0.146. The molecule has 1 N–H and O–H groups in total. The van der Waals surface area contributed by atoms with E-state index in [0.717, 1.165) is 0 Å². The summed E-state index contributed by atoms with van der Waals surface area (Å²) in [7, 11) is 1.54. The molecule has 1 amide bonds. The maximum absolute atomic E-state index is 13.3. The van der Waals surface area contributed by atoms with Crippen LogP contribution in [0.4, 0.5) is 5.13 Å². The molecule has 0 aliphatic carbocycles. The number of carbonyl (C=O) groups excluding carboxylic acids is 3. The van der Waals surface area contributed by atoms with Gasteiger partial charge in [0.25, 0.3) is 11.8 Å². The number of methoxy groups -OCH3 is 1. The molecule has 2 aromatic carbocycles.